The van der Waals surface area contributed by atoms with Crippen LogP contribution in [0, 0.1) is 6.92 Å². The van der Waals surface area contributed by atoms with Crippen LogP contribution in [0.15, 0.2) is 91.0 Å². The first kappa shape index (κ1) is 17.3. The molecule has 0 fully saturated rings. The average molecular weight is 378 g/mol. The maximum atomic E-state index is 12.8. The van der Waals surface area contributed by atoms with Crippen molar-refractivity contribution in [3.05, 3.63) is 96.6 Å². The van der Waals surface area contributed by atoms with Gasteiger partial charge in [-0.3, -0.25) is 0 Å². The number of fused-ring (bicyclic) bond motifs is 3. The molecule has 0 aliphatic rings. The highest BCUT2D eigenvalue weighted by Crippen LogP contribution is 2.36. The van der Waals surface area contributed by atoms with Crippen LogP contribution in [0.2, 0.25) is 0 Å². The Morgan fingerprint density at radius 3 is 2.14 bits per heavy atom. The van der Waals surface area contributed by atoms with Crippen molar-refractivity contribution >= 4 is 38.5 Å². The van der Waals surface area contributed by atoms with Crippen LogP contribution in [0.25, 0.3) is 32.3 Å². The summed E-state index contributed by atoms with van der Waals surface area (Å²) in [6, 6.07) is 29.4. The van der Waals surface area contributed by atoms with E-state index >= 15 is 0 Å². The van der Waals surface area contributed by atoms with Gasteiger partial charge in [0.15, 0.2) is 0 Å². The topological polar surface area (TPSA) is 35.5 Å². The summed E-state index contributed by atoms with van der Waals surface area (Å²) < 4.78 is 11.4. The number of carbonyl (C=O) groups is 1. The summed E-state index contributed by atoms with van der Waals surface area (Å²) in [6.45, 7) is 2.05. The second-order valence-electron chi connectivity index (χ2n) is 7.03. The van der Waals surface area contributed by atoms with Crippen LogP contribution >= 0.6 is 0 Å². The van der Waals surface area contributed by atoms with E-state index in [-0.39, 0.29) is 0 Å². The van der Waals surface area contributed by atoms with Gasteiger partial charge in [-0.25, -0.2) is 4.79 Å². The molecule has 0 aliphatic heterocycles. The fourth-order valence-electron chi connectivity index (χ4n) is 3.79. The predicted octanol–water partition coefficient (Wildman–Crippen LogP) is 7.03. The molecule has 0 N–H and O–H groups in total. The van der Waals surface area contributed by atoms with Crippen molar-refractivity contribution in [2.24, 2.45) is 0 Å². The second kappa shape index (κ2) is 6.95. The maximum absolute atomic E-state index is 12.8. The van der Waals surface area contributed by atoms with E-state index in [2.05, 4.69) is 19.1 Å². The highest BCUT2D eigenvalue weighted by Gasteiger charge is 2.16. The summed E-state index contributed by atoms with van der Waals surface area (Å²) in [7, 11) is 0. The van der Waals surface area contributed by atoms with E-state index in [4.69, 9.17) is 9.47 Å². The Labute approximate surface area is 168 Å². The third-order valence-corrected chi connectivity index (χ3v) is 5.20. The van der Waals surface area contributed by atoms with Crippen LogP contribution in [0.1, 0.15) is 5.56 Å². The van der Waals surface area contributed by atoms with Crippen LogP contribution in [-0.2, 0) is 0 Å². The molecule has 29 heavy (non-hydrogen) atoms. The Bertz CT molecular complexity index is 1380. The smallest absolute Gasteiger partial charge is 0.394 e. The van der Waals surface area contributed by atoms with Crippen LogP contribution < -0.4 is 9.47 Å². The van der Waals surface area contributed by atoms with Crippen molar-refractivity contribution in [2.45, 2.75) is 6.92 Å². The minimum atomic E-state index is -0.750. The first-order chi connectivity index (χ1) is 14.2. The molecule has 0 saturated carbocycles. The number of rotatable bonds is 2. The monoisotopic (exact) mass is 378 g/mol. The molecule has 0 aromatic heterocycles. The fraction of sp³-hybridized carbons (Fsp3) is 0.0385. The fourth-order valence-corrected chi connectivity index (χ4v) is 3.79. The quantitative estimate of drug-likeness (QED) is 0.188. The molecular weight excluding hydrogens is 360 g/mol. The van der Waals surface area contributed by atoms with E-state index in [0.29, 0.717) is 11.5 Å². The molecule has 140 valence electrons. The van der Waals surface area contributed by atoms with Crippen LogP contribution in [0.3, 0.4) is 0 Å². The Morgan fingerprint density at radius 1 is 0.621 bits per heavy atom. The Hall–Kier alpha value is -3.85. The molecule has 3 heteroatoms. The molecule has 3 nitrogen and oxygen atoms in total. The van der Waals surface area contributed by atoms with Gasteiger partial charge >= 0.3 is 6.16 Å². The molecule has 5 aromatic carbocycles. The lowest BCUT2D eigenvalue weighted by Crippen LogP contribution is -2.14. The van der Waals surface area contributed by atoms with Gasteiger partial charge in [0.2, 0.25) is 0 Å². The molecule has 0 radical (unpaired) electrons. The number of hydrogen-bond acceptors (Lipinski definition) is 3. The standard InChI is InChI=1S/C26H18O3/c1-17-8-6-14-22-23(17)16-19-10-3-5-13-21(19)25(22)29-26(27)28-24-15-7-11-18-9-2-4-12-20(18)24/h2-16H,1H3. The van der Waals surface area contributed by atoms with E-state index in [1.54, 1.807) is 6.07 Å². The number of benzene rings is 5. The minimum absolute atomic E-state index is 0.480. The van der Waals surface area contributed by atoms with Gasteiger partial charge in [0.1, 0.15) is 11.5 Å². The second-order valence-corrected chi connectivity index (χ2v) is 7.03. The molecule has 0 unspecified atom stereocenters. The molecule has 0 bridgehead atoms. The lowest BCUT2D eigenvalue weighted by Gasteiger charge is -2.13. The van der Waals surface area contributed by atoms with Crippen molar-refractivity contribution in [3.8, 4) is 11.5 Å². The number of carbonyl (C=O) groups excluding carboxylic acids is 1. The lowest BCUT2D eigenvalue weighted by atomic mass is 9.99. The summed E-state index contributed by atoms with van der Waals surface area (Å²) >= 11 is 0. The molecule has 0 atom stereocenters. The van der Waals surface area contributed by atoms with Crippen molar-refractivity contribution in [2.75, 3.05) is 0 Å². The van der Waals surface area contributed by atoms with Gasteiger partial charge in [-0.1, -0.05) is 78.9 Å². The van der Waals surface area contributed by atoms with Gasteiger partial charge in [-0.2, -0.15) is 0 Å². The van der Waals surface area contributed by atoms with E-state index in [1.165, 1.54) is 0 Å². The first-order valence-electron chi connectivity index (χ1n) is 9.49. The predicted molar refractivity (Wildman–Crippen MR) is 117 cm³/mol. The molecular formula is C26H18O3. The summed E-state index contributed by atoms with van der Waals surface area (Å²) in [5.74, 6) is 1.00. The van der Waals surface area contributed by atoms with Crippen LogP contribution in [0.5, 0.6) is 11.5 Å². The van der Waals surface area contributed by atoms with Crippen LogP contribution in [-0.4, -0.2) is 6.16 Å². The average Bonchev–Trinajstić information content (AvgIpc) is 2.75. The number of ether oxygens (including phenoxy) is 2. The van der Waals surface area contributed by atoms with E-state index in [9.17, 15) is 4.79 Å². The molecule has 0 heterocycles. The molecule has 0 aliphatic carbocycles. The third kappa shape index (κ3) is 3.07. The summed E-state index contributed by atoms with van der Waals surface area (Å²) in [5, 5.41) is 5.70. The first-order valence-corrected chi connectivity index (χ1v) is 9.49. The molecule has 0 amide bonds. The Kier molecular flexibility index (Phi) is 4.14. The highest BCUT2D eigenvalue weighted by molar-refractivity contribution is 6.07. The van der Waals surface area contributed by atoms with Gasteiger partial charge in [0.05, 0.1) is 0 Å². The normalized spacial score (nSPS) is 11.1. The summed E-state index contributed by atoms with van der Waals surface area (Å²) in [6.07, 6.45) is -0.750. The summed E-state index contributed by atoms with van der Waals surface area (Å²) in [5.41, 5.74) is 1.13. The van der Waals surface area contributed by atoms with Gasteiger partial charge in [-0.05, 0) is 40.8 Å². The maximum Gasteiger partial charge on any atom is 0.519 e. The van der Waals surface area contributed by atoms with Gasteiger partial charge in [0, 0.05) is 16.2 Å². The SMILES string of the molecule is Cc1cccc2c(OC(=O)Oc3cccc4ccccc34)c3ccccc3cc12. The Balaban J connectivity index is 1.58. The van der Waals surface area contributed by atoms with Crippen LogP contribution in [0.4, 0.5) is 4.79 Å². The third-order valence-electron chi connectivity index (χ3n) is 5.20. The molecule has 0 spiro atoms. The summed E-state index contributed by atoms with van der Waals surface area (Å²) in [4.78, 5) is 12.8. The minimum Gasteiger partial charge on any atom is -0.394 e. The van der Waals surface area contributed by atoms with Crippen molar-refractivity contribution < 1.29 is 14.3 Å². The van der Waals surface area contributed by atoms with Gasteiger partial charge < -0.3 is 9.47 Å². The zero-order chi connectivity index (χ0) is 19.8. The van der Waals surface area contributed by atoms with E-state index < -0.39 is 6.16 Å². The molecule has 0 saturated heterocycles. The zero-order valence-electron chi connectivity index (χ0n) is 15.9. The van der Waals surface area contributed by atoms with E-state index in [0.717, 1.165) is 37.9 Å². The van der Waals surface area contributed by atoms with Gasteiger partial charge in [0.25, 0.3) is 0 Å². The number of hydrogen-bond donors (Lipinski definition) is 0. The van der Waals surface area contributed by atoms with Gasteiger partial charge in [-0.15, -0.1) is 0 Å². The molecule has 5 aromatic rings. The van der Waals surface area contributed by atoms with E-state index in [1.807, 2.05) is 72.8 Å². The highest BCUT2D eigenvalue weighted by atomic mass is 16.7. The van der Waals surface area contributed by atoms with Crippen molar-refractivity contribution in [1.29, 1.82) is 0 Å². The largest absolute Gasteiger partial charge is 0.519 e. The zero-order valence-corrected chi connectivity index (χ0v) is 15.9. The lowest BCUT2D eigenvalue weighted by molar-refractivity contribution is 0.153. The molecule has 5 rings (SSSR count). The van der Waals surface area contributed by atoms with Crippen molar-refractivity contribution in [3.63, 3.8) is 0 Å². The van der Waals surface area contributed by atoms with Crippen molar-refractivity contribution in [1.82, 2.24) is 0 Å². The Morgan fingerprint density at radius 2 is 1.28 bits per heavy atom. The number of aryl methyl sites for hydroxylation is 1.